The Morgan fingerprint density at radius 3 is 2.62 bits per heavy atom. The van der Waals surface area contributed by atoms with Crippen LogP contribution in [0, 0.1) is 5.41 Å². The Morgan fingerprint density at radius 1 is 1.25 bits per heavy atom. The molecule has 0 aliphatic carbocycles. The molecule has 0 aromatic rings. The van der Waals surface area contributed by atoms with Crippen LogP contribution in [-0.4, -0.2) is 96.2 Å². The molecule has 136 valence electrons. The van der Waals surface area contributed by atoms with Gasteiger partial charge in [-0.25, -0.2) is 0 Å². The molecular formula is C17H29N3O4. The molecule has 0 bridgehead atoms. The summed E-state index contributed by atoms with van der Waals surface area (Å²) in [6, 6.07) is 0.415. The van der Waals surface area contributed by atoms with Gasteiger partial charge in [0.1, 0.15) is 0 Å². The van der Waals surface area contributed by atoms with Gasteiger partial charge in [0.15, 0.2) is 0 Å². The molecule has 3 fully saturated rings. The molecule has 1 spiro atoms. The predicted molar refractivity (Wildman–Crippen MR) is 88.8 cm³/mol. The van der Waals surface area contributed by atoms with E-state index < -0.39 is 11.4 Å². The number of likely N-dealkylation sites (tertiary alicyclic amines) is 1. The second kappa shape index (κ2) is 6.28. The Morgan fingerprint density at radius 2 is 1.96 bits per heavy atom. The van der Waals surface area contributed by atoms with Gasteiger partial charge in [0, 0.05) is 45.2 Å². The second-order valence-electron chi connectivity index (χ2n) is 8.50. The number of hydrogen-bond donors (Lipinski definition) is 1. The minimum atomic E-state index is -0.849. The van der Waals surface area contributed by atoms with E-state index >= 15 is 0 Å². The van der Waals surface area contributed by atoms with Gasteiger partial charge < -0.3 is 19.6 Å². The van der Waals surface area contributed by atoms with E-state index in [9.17, 15) is 9.59 Å². The first-order valence-electron chi connectivity index (χ1n) is 8.73. The smallest absolute Gasteiger partial charge is 0.303 e. The van der Waals surface area contributed by atoms with Gasteiger partial charge in [-0.2, -0.15) is 0 Å². The summed E-state index contributed by atoms with van der Waals surface area (Å²) in [6.07, 6.45) is 0.309. The number of carbonyl (C=O) groups excluding carboxylic acids is 1. The molecule has 1 N–H and O–H groups in total. The van der Waals surface area contributed by atoms with Crippen LogP contribution in [0.5, 0.6) is 0 Å². The third kappa shape index (κ3) is 3.43. The number of aliphatic carboxylic acids is 1. The molecule has 0 unspecified atom stereocenters. The molecule has 0 saturated carbocycles. The van der Waals surface area contributed by atoms with Crippen LogP contribution in [0.15, 0.2) is 0 Å². The fraction of sp³-hybridized carbons (Fsp3) is 0.882. The summed E-state index contributed by atoms with van der Waals surface area (Å²) < 4.78 is 5.62. The van der Waals surface area contributed by atoms with Gasteiger partial charge in [0.2, 0.25) is 5.91 Å². The van der Waals surface area contributed by atoms with Gasteiger partial charge >= 0.3 is 5.97 Å². The van der Waals surface area contributed by atoms with Gasteiger partial charge in [-0.15, -0.1) is 0 Å². The van der Waals surface area contributed by atoms with Crippen molar-refractivity contribution in [3.05, 3.63) is 0 Å². The van der Waals surface area contributed by atoms with E-state index in [1.54, 1.807) is 0 Å². The maximum atomic E-state index is 12.6. The van der Waals surface area contributed by atoms with Gasteiger partial charge in [-0.1, -0.05) is 13.8 Å². The Bertz CT molecular complexity index is 516. The van der Waals surface area contributed by atoms with Crippen molar-refractivity contribution in [3.8, 4) is 0 Å². The van der Waals surface area contributed by atoms with Gasteiger partial charge in [0.05, 0.1) is 25.2 Å². The number of hydrogen-bond acceptors (Lipinski definition) is 5. The Kier molecular flexibility index (Phi) is 4.61. The molecular weight excluding hydrogens is 310 g/mol. The molecule has 7 heteroatoms. The molecule has 0 radical (unpaired) electrons. The predicted octanol–water partition coefficient (Wildman–Crippen LogP) is 0.105. The highest BCUT2D eigenvalue weighted by Crippen LogP contribution is 2.37. The molecule has 3 saturated heterocycles. The van der Waals surface area contributed by atoms with E-state index in [0.717, 1.165) is 45.9 Å². The lowest BCUT2D eigenvalue weighted by Crippen LogP contribution is -2.80. The maximum absolute atomic E-state index is 12.6. The zero-order valence-corrected chi connectivity index (χ0v) is 15.0. The van der Waals surface area contributed by atoms with E-state index in [2.05, 4.69) is 16.8 Å². The normalized spacial score (nSPS) is 27.6. The van der Waals surface area contributed by atoms with E-state index in [4.69, 9.17) is 9.84 Å². The van der Waals surface area contributed by atoms with Crippen LogP contribution in [-0.2, 0) is 14.3 Å². The molecule has 0 aromatic heterocycles. The number of carbonyl (C=O) groups is 2. The van der Waals surface area contributed by atoms with Crippen LogP contribution in [0.2, 0.25) is 0 Å². The zero-order chi connectivity index (χ0) is 17.5. The summed E-state index contributed by atoms with van der Waals surface area (Å²) >= 11 is 0. The first-order chi connectivity index (χ1) is 11.2. The van der Waals surface area contributed by atoms with Gasteiger partial charge in [-0.05, 0) is 12.5 Å². The van der Waals surface area contributed by atoms with Crippen LogP contribution in [0.3, 0.4) is 0 Å². The Labute approximate surface area is 143 Å². The van der Waals surface area contributed by atoms with Crippen molar-refractivity contribution in [1.82, 2.24) is 14.7 Å². The Balaban J connectivity index is 1.60. The fourth-order valence-corrected chi connectivity index (χ4v) is 4.56. The van der Waals surface area contributed by atoms with Crippen molar-refractivity contribution in [1.29, 1.82) is 0 Å². The summed E-state index contributed by atoms with van der Waals surface area (Å²) in [4.78, 5) is 30.3. The lowest BCUT2D eigenvalue weighted by Gasteiger charge is -2.63. The van der Waals surface area contributed by atoms with Crippen LogP contribution < -0.4 is 0 Å². The number of carboxylic acids is 1. The quantitative estimate of drug-likeness (QED) is 0.783. The highest BCUT2D eigenvalue weighted by atomic mass is 16.5. The number of piperazine rings is 1. The molecule has 1 atom stereocenters. The number of ether oxygens (including phenoxy) is 1. The SMILES string of the molecule is CN1C[C@@H]2COCCN2C2(C1)CN(C(=O)CC(C)(C)CC(=O)O)C2. The second-order valence-corrected chi connectivity index (χ2v) is 8.50. The van der Waals surface area contributed by atoms with Crippen LogP contribution in [0.25, 0.3) is 0 Å². The van der Waals surface area contributed by atoms with E-state index in [-0.39, 0.29) is 24.3 Å². The number of fused-ring (bicyclic) bond motifs is 2. The molecule has 24 heavy (non-hydrogen) atoms. The lowest BCUT2D eigenvalue weighted by atomic mass is 9.80. The van der Waals surface area contributed by atoms with E-state index in [1.165, 1.54) is 0 Å². The van der Waals surface area contributed by atoms with Crippen molar-refractivity contribution in [3.63, 3.8) is 0 Å². The number of carboxylic acid groups (broad SMARTS) is 1. The van der Waals surface area contributed by atoms with Crippen molar-refractivity contribution >= 4 is 11.9 Å². The van der Waals surface area contributed by atoms with Crippen LogP contribution in [0.1, 0.15) is 26.7 Å². The first kappa shape index (κ1) is 17.6. The third-order valence-electron chi connectivity index (χ3n) is 5.51. The number of amides is 1. The van der Waals surface area contributed by atoms with Crippen LogP contribution >= 0.6 is 0 Å². The van der Waals surface area contributed by atoms with Crippen molar-refractivity contribution in [2.45, 2.75) is 38.3 Å². The molecule has 1 amide bonds. The van der Waals surface area contributed by atoms with E-state index in [1.807, 2.05) is 18.7 Å². The summed E-state index contributed by atoms with van der Waals surface area (Å²) in [7, 11) is 2.13. The van der Waals surface area contributed by atoms with Crippen molar-refractivity contribution in [2.24, 2.45) is 5.41 Å². The van der Waals surface area contributed by atoms with Crippen molar-refractivity contribution < 1.29 is 19.4 Å². The summed E-state index contributed by atoms with van der Waals surface area (Å²) in [5.74, 6) is -0.775. The van der Waals surface area contributed by atoms with Crippen LogP contribution in [0.4, 0.5) is 0 Å². The summed E-state index contributed by atoms with van der Waals surface area (Å²) in [6.45, 7) is 9.65. The average molecular weight is 339 g/mol. The van der Waals surface area contributed by atoms with Crippen molar-refractivity contribution in [2.75, 3.05) is 53.0 Å². The standard InChI is InChI=1S/C17H29N3O4/c1-16(2,7-15(22)23)6-14(21)19-11-17(12-19)10-18(3)8-13-9-24-5-4-20(13)17/h13H,4-12H2,1-3H3,(H,22,23)/t13-/m1/s1. The minimum absolute atomic E-state index is 0.0198. The first-order valence-corrected chi connectivity index (χ1v) is 8.73. The highest BCUT2D eigenvalue weighted by molar-refractivity contribution is 5.79. The zero-order valence-electron chi connectivity index (χ0n) is 15.0. The number of rotatable bonds is 4. The maximum Gasteiger partial charge on any atom is 0.303 e. The molecule has 3 aliphatic heterocycles. The summed E-state index contributed by atoms with van der Waals surface area (Å²) in [5, 5.41) is 8.98. The lowest BCUT2D eigenvalue weighted by molar-refractivity contribution is -0.176. The van der Waals surface area contributed by atoms with Gasteiger partial charge in [0.25, 0.3) is 0 Å². The number of likely N-dealkylation sites (N-methyl/N-ethyl adjacent to an activating group) is 1. The third-order valence-corrected chi connectivity index (χ3v) is 5.51. The molecule has 7 nitrogen and oxygen atoms in total. The monoisotopic (exact) mass is 339 g/mol. The Hall–Kier alpha value is -1.18. The number of nitrogens with zero attached hydrogens (tertiary/aromatic N) is 3. The molecule has 3 rings (SSSR count). The fourth-order valence-electron chi connectivity index (χ4n) is 4.56. The largest absolute Gasteiger partial charge is 0.481 e. The van der Waals surface area contributed by atoms with Gasteiger partial charge in [-0.3, -0.25) is 14.5 Å². The molecule has 3 heterocycles. The average Bonchev–Trinajstić information content (AvgIpc) is 2.41. The topological polar surface area (TPSA) is 73.3 Å². The number of morpholine rings is 1. The molecule has 0 aromatic carbocycles. The highest BCUT2D eigenvalue weighted by Gasteiger charge is 2.54. The van der Waals surface area contributed by atoms with E-state index in [0.29, 0.717) is 6.04 Å². The summed E-state index contributed by atoms with van der Waals surface area (Å²) in [5.41, 5.74) is -0.454. The molecule has 3 aliphatic rings. The minimum Gasteiger partial charge on any atom is -0.481 e.